The van der Waals surface area contributed by atoms with Gasteiger partial charge in [0.1, 0.15) is 0 Å². The van der Waals surface area contributed by atoms with Crippen LogP contribution in [-0.4, -0.2) is 0 Å². The van der Waals surface area contributed by atoms with Crippen molar-refractivity contribution < 1.29 is 0 Å². The average molecular weight is 212 g/mol. The molecule has 14 heavy (non-hydrogen) atoms. The van der Waals surface area contributed by atoms with E-state index in [0.29, 0.717) is 5.92 Å². The Morgan fingerprint density at radius 3 is 2.50 bits per heavy atom. The van der Waals surface area contributed by atoms with Crippen LogP contribution in [0.4, 0.5) is 0 Å². The highest BCUT2D eigenvalue weighted by atomic mass is 35.5. The fraction of sp³-hybridized carbons (Fsp3) is 0.500. The Kier molecular flexibility index (Phi) is 3.97. The summed E-state index contributed by atoms with van der Waals surface area (Å²) in [5.41, 5.74) is 8.61. The molecule has 1 rings (SSSR count). The topological polar surface area (TPSA) is 26.0 Å². The van der Waals surface area contributed by atoms with E-state index in [1.807, 2.05) is 18.2 Å². The number of nitrogens with two attached hydrogens (primary N) is 1. The van der Waals surface area contributed by atoms with Crippen molar-refractivity contribution in [3.05, 3.63) is 34.3 Å². The maximum Gasteiger partial charge on any atom is 0.0408 e. The van der Waals surface area contributed by atoms with Crippen molar-refractivity contribution in [3.63, 3.8) is 0 Å². The van der Waals surface area contributed by atoms with Gasteiger partial charge in [-0.2, -0.15) is 0 Å². The molecule has 0 saturated heterocycles. The SMILES string of the molecule is CCc1cc(Cl)ccc1C(N)C(C)C. The van der Waals surface area contributed by atoms with Crippen LogP contribution in [-0.2, 0) is 6.42 Å². The van der Waals surface area contributed by atoms with Crippen LogP contribution in [0.3, 0.4) is 0 Å². The molecule has 1 unspecified atom stereocenters. The molecule has 0 amide bonds. The van der Waals surface area contributed by atoms with Crippen LogP contribution in [0.5, 0.6) is 0 Å². The van der Waals surface area contributed by atoms with Crippen molar-refractivity contribution in [2.24, 2.45) is 11.7 Å². The largest absolute Gasteiger partial charge is 0.324 e. The van der Waals surface area contributed by atoms with Gasteiger partial charge in [-0.3, -0.25) is 0 Å². The highest BCUT2D eigenvalue weighted by Gasteiger charge is 2.13. The van der Waals surface area contributed by atoms with E-state index in [1.54, 1.807) is 0 Å². The first-order chi connectivity index (χ1) is 6.56. The molecule has 0 aliphatic rings. The molecule has 2 N–H and O–H groups in total. The summed E-state index contributed by atoms with van der Waals surface area (Å²) in [6, 6.07) is 6.09. The van der Waals surface area contributed by atoms with E-state index in [-0.39, 0.29) is 6.04 Å². The fourth-order valence-corrected chi connectivity index (χ4v) is 1.76. The minimum atomic E-state index is 0.113. The average Bonchev–Trinajstić information content (AvgIpc) is 2.16. The smallest absolute Gasteiger partial charge is 0.0408 e. The Morgan fingerprint density at radius 2 is 2.00 bits per heavy atom. The van der Waals surface area contributed by atoms with Gasteiger partial charge in [-0.25, -0.2) is 0 Å². The van der Waals surface area contributed by atoms with Gasteiger partial charge >= 0.3 is 0 Å². The minimum Gasteiger partial charge on any atom is -0.324 e. The van der Waals surface area contributed by atoms with Crippen LogP contribution in [0, 0.1) is 5.92 Å². The lowest BCUT2D eigenvalue weighted by Crippen LogP contribution is -2.18. The summed E-state index contributed by atoms with van der Waals surface area (Å²) >= 11 is 5.94. The van der Waals surface area contributed by atoms with E-state index < -0.39 is 0 Å². The summed E-state index contributed by atoms with van der Waals surface area (Å²) in [4.78, 5) is 0. The molecule has 0 aromatic heterocycles. The van der Waals surface area contributed by atoms with Crippen molar-refractivity contribution >= 4 is 11.6 Å². The second-order valence-corrected chi connectivity index (χ2v) is 4.40. The lowest BCUT2D eigenvalue weighted by molar-refractivity contribution is 0.511. The predicted octanol–water partition coefficient (Wildman–Crippen LogP) is 3.56. The summed E-state index contributed by atoms with van der Waals surface area (Å²) in [6.07, 6.45) is 0.982. The molecule has 0 heterocycles. The van der Waals surface area contributed by atoms with E-state index in [4.69, 9.17) is 17.3 Å². The number of hydrogen-bond acceptors (Lipinski definition) is 1. The number of hydrogen-bond donors (Lipinski definition) is 1. The van der Waals surface area contributed by atoms with Crippen molar-refractivity contribution in [1.29, 1.82) is 0 Å². The van der Waals surface area contributed by atoms with Gasteiger partial charge in [-0.15, -0.1) is 0 Å². The molecular weight excluding hydrogens is 194 g/mol. The normalized spacial score (nSPS) is 13.3. The Bertz CT molecular complexity index is 307. The first-order valence-electron chi connectivity index (χ1n) is 5.10. The molecule has 0 saturated carbocycles. The molecule has 0 bridgehead atoms. The zero-order valence-corrected chi connectivity index (χ0v) is 9.81. The van der Waals surface area contributed by atoms with E-state index >= 15 is 0 Å². The number of aryl methyl sites for hydroxylation is 1. The summed E-state index contributed by atoms with van der Waals surface area (Å²) < 4.78 is 0. The van der Waals surface area contributed by atoms with Gasteiger partial charge in [-0.1, -0.05) is 38.4 Å². The van der Waals surface area contributed by atoms with E-state index in [0.717, 1.165) is 11.4 Å². The minimum absolute atomic E-state index is 0.113. The lowest BCUT2D eigenvalue weighted by atomic mass is 9.92. The van der Waals surface area contributed by atoms with Crippen LogP contribution in [0.15, 0.2) is 18.2 Å². The molecule has 1 atom stereocenters. The first-order valence-corrected chi connectivity index (χ1v) is 5.48. The summed E-state index contributed by atoms with van der Waals surface area (Å²) in [7, 11) is 0. The van der Waals surface area contributed by atoms with Gasteiger partial charge in [0.15, 0.2) is 0 Å². The number of rotatable bonds is 3. The molecule has 0 radical (unpaired) electrons. The van der Waals surface area contributed by atoms with Gasteiger partial charge < -0.3 is 5.73 Å². The maximum absolute atomic E-state index is 6.12. The quantitative estimate of drug-likeness (QED) is 0.813. The first kappa shape index (κ1) is 11.5. The predicted molar refractivity (Wildman–Crippen MR) is 62.6 cm³/mol. The molecule has 2 heteroatoms. The molecule has 78 valence electrons. The Labute approximate surface area is 91.3 Å². The molecule has 0 aliphatic carbocycles. The Balaban J connectivity index is 3.07. The molecule has 1 aromatic rings. The number of halogens is 1. The van der Waals surface area contributed by atoms with Gasteiger partial charge in [-0.05, 0) is 35.6 Å². The second-order valence-electron chi connectivity index (χ2n) is 3.97. The van der Waals surface area contributed by atoms with Gasteiger partial charge in [0, 0.05) is 11.1 Å². The van der Waals surface area contributed by atoms with Crippen LogP contribution in [0.2, 0.25) is 5.02 Å². The van der Waals surface area contributed by atoms with Crippen LogP contribution in [0.1, 0.15) is 37.9 Å². The molecule has 0 spiro atoms. The van der Waals surface area contributed by atoms with Crippen LogP contribution in [0.25, 0.3) is 0 Å². The van der Waals surface area contributed by atoms with E-state index in [9.17, 15) is 0 Å². The molecule has 1 nitrogen and oxygen atoms in total. The van der Waals surface area contributed by atoms with Crippen molar-refractivity contribution in [3.8, 4) is 0 Å². The third-order valence-corrected chi connectivity index (χ3v) is 2.80. The zero-order chi connectivity index (χ0) is 10.7. The van der Waals surface area contributed by atoms with Crippen molar-refractivity contribution in [2.45, 2.75) is 33.2 Å². The third-order valence-electron chi connectivity index (χ3n) is 2.56. The molecule has 0 fully saturated rings. The lowest BCUT2D eigenvalue weighted by Gasteiger charge is -2.19. The fourth-order valence-electron chi connectivity index (χ4n) is 1.56. The highest BCUT2D eigenvalue weighted by molar-refractivity contribution is 6.30. The Hall–Kier alpha value is -0.530. The Morgan fingerprint density at radius 1 is 1.36 bits per heavy atom. The zero-order valence-electron chi connectivity index (χ0n) is 9.05. The second kappa shape index (κ2) is 4.81. The maximum atomic E-state index is 6.12. The van der Waals surface area contributed by atoms with Gasteiger partial charge in [0.25, 0.3) is 0 Å². The van der Waals surface area contributed by atoms with E-state index in [1.165, 1.54) is 11.1 Å². The van der Waals surface area contributed by atoms with Crippen molar-refractivity contribution in [2.75, 3.05) is 0 Å². The highest BCUT2D eigenvalue weighted by Crippen LogP contribution is 2.25. The summed E-state index contributed by atoms with van der Waals surface area (Å²) in [6.45, 7) is 6.40. The van der Waals surface area contributed by atoms with E-state index in [2.05, 4.69) is 20.8 Å². The number of benzene rings is 1. The molecule has 1 aromatic carbocycles. The summed E-state index contributed by atoms with van der Waals surface area (Å²) in [5, 5.41) is 0.793. The molecular formula is C12H18ClN. The van der Waals surface area contributed by atoms with Crippen LogP contribution >= 0.6 is 11.6 Å². The van der Waals surface area contributed by atoms with Gasteiger partial charge in [0.05, 0.1) is 0 Å². The third kappa shape index (κ3) is 2.49. The monoisotopic (exact) mass is 211 g/mol. The standard InChI is InChI=1S/C12H18ClN/c1-4-9-7-10(13)5-6-11(9)12(14)8(2)3/h5-8,12H,4,14H2,1-3H3. The molecule has 0 aliphatic heterocycles. The van der Waals surface area contributed by atoms with Gasteiger partial charge in [0.2, 0.25) is 0 Å². The van der Waals surface area contributed by atoms with Crippen LogP contribution < -0.4 is 5.73 Å². The summed E-state index contributed by atoms with van der Waals surface area (Å²) in [5.74, 6) is 0.460. The van der Waals surface area contributed by atoms with Crippen molar-refractivity contribution in [1.82, 2.24) is 0 Å².